The van der Waals surface area contributed by atoms with Gasteiger partial charge in [-0.3, -0.25) is 0 Å². The quantitative estimate of drug-likeness (QED) is 0.910. The highest BCUT2D eigenvalue weighted by atomic mass is 35.5. The molecule has 0 aromatic heterocycles. The zero-order chi connectivity index (χ0) is 14.8. The van der Waals surface area contributed by atoms with E-state index in [0.29, 0.717) is 23.4 Å². The van der Waals surface area contributed by atoms with E-state index in [2.05, 4.69) is 29.6 Å². The lowest BCUT2D eigenvalue weighted by Gasteiger charge is -2.14. The van der Waals surface area contributed by atoms with Gasteiger partial charge in [0.15, 0.2) is 11.5 Å². The van der Waals surface area contributed by atoms with Gasteiger partial charge in [-0.1, -0.05) is 35.9 Å². The summed E-state index contributed by atoms with van der Waals surface area (Å²) in [5.41, 5.74) is 3.57. The van der Waals surface area contributed by atoms with E-state index >= 15 is 0 Å². The Morgan fingerprint density at radius 2 is 1.90 bits per heavy atom. The van der Waals surface area contributed by atoms with Gasteiger partial charge in [-0.2, -0.15) is 0 Å². The van der Waals surface area contributed by atoms with E-state index in [9.17, 15) is 5.11 Å². The predicted octanol–water partition coefficient (Wildman–Crippen LogP) is 3.31. The molecule has 110 valence electrons. The number of benzene rings is 2. The predicted molar refractivity (Wildman–Crippen MR) is 84.1 cm³/mol. The molecule has 4 heteroatoms. The summed E-state index contributed by atoms with van der Waals surface area (Å²) in [6, 6.07) is 12.3. The Morgan fingerprint density at radius 3 is 2.52 bits per heavy atom. The molecule has 0 atom stereocenters. The second kappa shape index (κ2) is 5.96. The Kier molecular flexibility index (Phi) is 4.04. The summed E-state index contributed by atoms with van der Waals surface area (Å²) in [6.45, 7) is 0.571. The van der Waals surface area contributed by atoms with Gasteiger partial charge in [0.2, 0.25) is 0 Å². The summed E-state index contributed by atoms with van der Waals surface area (Å²) in [5.74, 6) is 0.568. The van der Waals surface area contributed by atoms with Gasteiger partial charge in [0.25, 0.3) is 0 Å². The molecule has 0 heterocycles. The number of ether oxygens (including phenoxy) is 1. The van der Waals surface area contributed by atoms with Gasteiger partial charge in [-0.15, -0.1) is 0 Å². The van der Waals surface area contributed by atoms with Crippen LogP contribution in [0.15, 0.2) is 36.4 Å². The Bertz CT molecular complexity index is 632. The minimum Gasteiger partial charge on any atom is -0.504 e. The van der Waals surface area contributed by atoms with E-state index in [4.69, 9.17) is 16.3 Å². The van der Waals surface area contributed by atoms with Gasteiger partial charge in [0.1, 0.15) is 0 Å². The molecule has 0 spiro atoms. The highest BCUT2D eigenvalue weighted by Gasteiger charge is 2.21. The zero-order valence-electron chi connectivity index (χ0n) is 11.9. The summed E-state index contributed by atoms with van der Waals surface area (Å²) in [4.78, 5) is 0. The van der Waals surface area contributed by atoms with Gasteiger partial charge in [-0.25, -0.2) is 0 Å². The smallest absolute Gasteiger partial charge is 0.162 e. The third-order valence-corrected chi connectivity index (χ3v) is 4.19. The van der Waals surface area contributed by atoms with Crippen molar-refractivity contribution in [1.82, 2.24) is 5.32 Å². The molecule has 2 aromatic rings. The fourth-order valence-corrected chi connectivity index (χ4v) is 3.11. The highest BCUT2D eigenvalue weighted by molar-refractivity contribution is 6.30. The number of aromatic hydroxyl groups is 1. The van der Waals surface area contributed by atoms with E-state index < -0.39 is 0 Å². The maximum Gasteiger partial charge on any atom is 0.162 e. The normalized spacial score (nSPS) is 14.2. The third kappa shape index (κ3) is 2.99. The molecule has 0 aliphatic heterocycles. The van der Waals surface area contributed by atoms with Gasteiger partial charge >= 0.3 is 0 Å². The first kappa shape index (κ1) is 14.2. The first-order chi connectivity index (χ1) is 10.2. The molecule has 0 saturated heterocycles. The molecule has 0 fully saturated rings. The van der Waals surface area contributed by atoms with Gasteiger partial charge < -0.3 is 15.2 Å². The second-order valence-corrected chi connectivity index (χ2v) is 5.81. The van der Waals surface area contributed by atoms with Crippen LogP contribution in [0.5, 0.6) is 11.5 Å². The molecule has 3 rings (SSSR count). The number of hydrogen-bond acceptors (Lipinski definition) is 3. The van der Waals surface area contributed by atoms with Crippen molar-refractivity contribution in [3.63, 3.8) is 0 Å². The lowest BCUT2D eigenvalue weighted by Crippen LogP contribution is -2.29. The van der Waals surface area contributed by atoms with Gasteiger partial charge in [-0.05, 0) is 30.0 Å². The van der Waals surface area contributed by atoms with Crippen molar-refractivity contribution < 1.29 is 9.84 Å². The molecule has 1 aliphatic carbocycles. The van der Waals surface area contributed by atoms with Crippen LogP contribution < -0.4 is 10.1 Å². The Labute approximate surface area is 129 Å². The molecule has 0 saturated carbocycles. The van der Waals surface area contributed by atoms with Crippen molar-refractivity contribution in [3.05, 3.63) is 58.1 Å². The molecule has 2 aromatic carbocycles. The summed E-state index contributed by atoms with van der Waals surface area (Å²) in [7, 11) is 1.52. The highest BCUT2D eigenvalue weighted by Crippen LogP contribution is 2.33. The fourth-order valence-electron chi connectivity index (χ4n) is 2.88. The SMILES string of the molecule is COc1cc(Cl)cc(CNC2Cc3ccccc3C2)c1O. The van der Waals surface area contributed by atoms with Crippen molar-refractivity contribution in [2.45, 2.75) is 25.4 Å². The molecule has 0 bridgehead atoms. The number of hydrogen-bond donors (Lipinski definition) is 2. The Balaban J connectivity index is 1.68. The number of methoxy groups -OCH3 is 1. The van der Waals surface area contributed by atoms with E-state index in [0.717, 1.165) is 18.4 Å². The van der Waals surface area contributed by atoms with Crippen molar-refractivity contribution >= 4 is 11.6 Å². The van der Waals surface area contributed by atoms with E-state index in [1.165, 1.54) is 18.2 Å². The van der Waals surface area contributed by atoms with Gasteiger partial charge in [0.05, 0.1) is 7.11 Å². The number of fused-ring (bicyclic) bond motifs is 1. The topological polar surface area (TPSA) is 41.5 Å². The number of phenolic OH excluding ortho intramolecular Hbond substituents is 1. The van der Waals surface area contributed by atoms with Crippen LogP contribution in [0.3, 0.4) is 0 Å². The summed E-state index contributed by atoms with van der Waals surface area (Å²) in [6.07, 6.45) is 2.04. The largest absolute Gasteiger partial charge is 0.504 e. The molecular formula is C17H18ClNO2. The summed E-state index contributed by atoms with van der Waals surface area (Å²) < 4.78 is 5.13. The number of nitrogens with one attached hydrogen (secondary N) is 1. The maximum atomic E-state index is 10.1. The van der Waals surface area contributed by atoms with Crippen molar-refractivity contribution in [2.75, 3.05) is 7.11 Å². The summed E-state index contributed by atoms with van der Waals surface area (Å²) in [5, 5.41) is 14.2. The zero-order valence-corrected chi connectivity index (χ0v) is 12.7. The monoisotopic (exact) mass is 303 g/mol. The van der Waals surface area contributed by atoms with Crippen LogP contribution in [0.1, 0.15) is 16.7 Å². The third-order valence-electron chi connectivity index (χ3n) is 3.97. The average molecular weight is 304 g/mol. The lowest BCUT2D eigenvalue weighted by atomic mass is 10.1. The van der Waals surface area contributed by atoms with E-state index in [-0.39, 0.29) is 5.75 Å². The summed E-state index contributed by atoms with van der Waals surface area (Å²) >= 11 is 6.05. The molecule has 2 N–H and O–H groups in total. The van der Waals surface area contributed by atoms with E-state index in [1.54, 1.807) is 12.1 Å². The number of rotatable bonds is 4. The van der Waals surface area contributed by atoms with Crippen molar-refractivity contribution in [3.8, 4) is 11.5 Å². The van der Waals surface area contributed by atoms with Crippen molar-refractivity contribution in [2.24, 2.45) is 0 Å². The number of halogens is 1. The molecule has 0 unspecified atom stereocenters. The van der Waals surface area contributed by atoms with Crippen LogP contribution >= 0.6 is 11.6 Å². The molecule has 0 amide bonds. The van der Waals surface area contributed by atoms with Crippen molar-refractivity contribution in [1.29, 1.82) is 0 Å². The minimum absolute atomic E-state index is 0.157. The van der Waals surface area contributed by atoms with Crippen LogP contribution in [0.4, 0.5) is 0 Å². The Morgan fingerprint density at radius 1 is 1.24 bits per heavy atom. The standard InChI is InChI=1S/C17H18ClNO2/c1-21-16-9-14(18)6-13(17(16)20)10-19-15-7-11-4-2-3-5-12(11)8-15/h2-6,9,15,19-20H,7-8,10H2,1H3. The maximum absolute atomic E-state index is 10.1. The average Bonchev–Trinajstić information content (AvgIpc) is 2.90. The second-order valence-electron chi connectivity index (χ2n) is 5.37. The molecular weight excluding hydrogens is 286 g/mol. The fraction of sp³-hybridized carbons (Fsp3) is 0.294. The van der Waals surface area contributed by atoms with Crippen LogP contribution in [0, 0.1) is 0 Å². The molecule has 0 radical (unpaired) electrons. The number of phenols is 1. The first-order valence-electron chi connectivity index (χ1n) is 7.03. The minimum atomic E-state index is 0.157. The first-order valence-corrected chi connectivity index (χ1v) is 7.40. The molecule has 21 heavy (non-hydrogen) atoms. The van der Waals surface area contributed by atoms with E-state index in [1.807, 2.05) is 0 Å². The van der Waals surface area contributed by atoms with Crippen LogP contribution in [0.25, 0.3) is 0 Å². The van der Waals surface area contributed by atoms with Crippen LogP contribution in [0.2, 0.25) is 5.02 Å². The van der Waals surface area contributed by atoms with Crippen LogP contribution in [-0.4, -0.2) is 18.3 Å². The van der Waals surface area contributed by atoms with Crippen LogP contribution in [-0.2, 0) is 19.4 Å². The lowest BCUT2D eigenvalue weighted by molar-refractivity contribution is 0.368. The Hall–Kier alpha value is -1.71. The molecule has 3 nitrogen and oxygen atoms in total. The molecule has 1 aliphatic rings. The van der Waals surface area contributed by atoms with Gasteiger partial charge in [0, 0.05) is 29.2 Å².